The lowest BCUT2D eigenvalue weighted by atomic mass is 10.0. The van der Waals surface area contributed by atoms with Crippen LogP contribution in [0.5, 0.6) is 5.75 Å². The van der Waals surface area contributed by atoms with Gasteiger partial charge in [-0.2, -0.15) is 0 Å². The smallest absolute Gasteiger partial charge is 0.334 e. The van der Waals surface area contributed by atoms with E-state index in [4.69, 9.17) is 4.74 Å². The Labute approximate surface area is 94.4 Å². The molecule has 1 aliphatic heterocycles. The summed E-state index contributed by atoms with van der Waals surface area (Å²) in [6.07, 6.45) is 2.49. The van der Waals surface area contributed by atoms with E-state index in [1.54, 1.807) is 0 Å². The number of carbonyl (C=O) groups excluding carboxylic acids is 1. The van der Waals surface area contributed by atoms with Crippen molar-refractivity contribution in [3.05, 3.63) is 34.4 Å². The summed E-state index contributed by atoms with van der Waals surface area (Å²) < 4.78 is 4.87. The van der Waals surface area contributed by atoms with Gasteiger partial charge in [0.1, 0.15) is 5.75 Å². The Morgan fingerprint density at radius 2 is 1.94 bits per heavy atom. The number of cyclic esters (lactones) is 1. The third-order valence-corrected chi connectivity index (χ3v) is 2.72. The molecule has 2 rings (SSSR count). The Morgan fingerprint density at radius 3 is 2.44 bits per heavy atom. The lowest BCUT2D eigenvalue weighted by Gasteiger charge is -2.05. The van der Waals surface area contributed by atoms with Crippen LogP contribution >= 0.6 is 0 Å². The standard InChI is InChI=1S/C13H14O3/c1-8-5-10(6-9(2)12(8)14)7-11-3-4-16-13(11)15/h5-7,14H,3-4H2,1-2H3. The van der Waals surface area contributed by atoms with Crippen LogP contribution in [-0.2, 0) is 9.53 Å². The molecular formula is C13H14O3. The summed E-state index contributed by atoms with van der Waals surface area (Å²) in [6, 6.07) is 3.72. The first-order valence-corrected chi connectivity index (χ1v) is 5.26. The molecule has 0 spiro atoms. The molecule has 0 saturated carbocycles. The largest absolute Gasteiger partial charge is 0.507 e. The van der Waals surface area contributed by atoms with E-state index in [2.05, 4.69) is 0 Å². The van der Waals surface area contributed by atoms with Crippen LogP contribution in [0.3, 0.4) is 0 Å². The molecule has 1 aromatic carbocycles. The number of benzene rings is 1. The molecule has 0 amide bonds. The number of aryl methyl sites for hydroxylation is 2. The zero-order valence-electron chi connectivity index (χ0n) is 9.41. The number of aromatic hydroxyl groups is 1. The van der Waals surface area contributed by atoms with E-state index < -0.39 is 0 Å². The number of carbonyl (C=O) groups is 1. The molecule has 3 nitrogen and oxygen atoms in total. The maximum absolute atomic E-state index is 11.3. The van der Waals surface area contributed by atoms with Crippen molar-refractivity contribution in [3.8, 4) is 5.75 Å². The van der Waals surface area contributed by atoms with Gasteiger partial charge in [-0.15, -0.1) is 0 Å². The maximum Gasteiger partial charge on any atom is 0.334 e. The van der Waals surface area contributed by atoms with Gasteiger partial charge >= 0.3 is 5.97 Å². The number of phenolic OH excluding ortho intramolecular Hbond substituents is 1. The molecule has 84 valence electrons. The molecule has 1 aliphatic rings. The summed E-state index contributed by atoms with van der Waals surface area (Å²) in [5.41, 5.74) is 3.27. The van der Waals surface area contributed by atoms with E-state index in [1.807, 2.05) is 32.1 Å². The molecule has 1 heterocycles. The Bertz CT molecular complexity index is 449. The van der Waals surface area contributed by atoms with E-state index in [9.17, 15) is 9.90 Å². The Kier molecular flexibility index (Phi) is 2.69. The average Bonchev–Trinajstić information content (AvgIpc) is 2.61. The summed E-state index contributed by atoms with van der Waals surface area (Å²) in [7, 11) is 0. The number of hydrogen-bond donors (Lipinski definition) is 1. The van der Waals surface area contributed by atoms with Crippen molar-refractivity contribution in [1.29, 1.82) is 0 Å². The molecule has 1 aromatic rings. The van der Waals surface area contributed by atoms with Gasteiger partial charge < -0.3 is 9.84 Å². The van der Waals surface area contributed by atoms with E-state index in [1.165, 1.54) is 0 Å². The number of phenols is 1. The topological polar surface area (TPSA) is 46.5 Å². The number of rotatable bonds is 1. The first-order valence-electron chi connectivity index (χ1n) is 5.26. The minimum absolute atomic E-state index is 0.233. The molecule has 0 unspecified atom stereocenters. The minimum atomic E-state index is -0.233. The van der Waals surface area contributed by atoms with E-state index >= 15 is 0 Å². The normalized spacial score (nSPS) is 17.9. The van der Waals surface area contributed by atoms with Crippen LogP contribution < -0.4 is 0 Å². The van der Waals surface area contributed by atoms with Crippen molar-refractivity contribution >= 4 is 12.0 Å². The molecule has 0 radical (unpaired) electrons. The van der Waals surface area contributed by atoms with Crippen molar-refractivity contribution in [2.24, 2.45) is 0 Å². The second-order valence-corrected chi connectivity index (χ2v) is 4.06. The summed E-state index contributed by atoms with van der Waals surface area (Å²) in [6.45, 7) is 4.16. The Hall–Kier alpha value is -1.77. The lowest BCUT2D eigenvalue weighted by Crippen LogP contribution is -1.94. The Morgan fingerprint density at radius 1 is 1.31 bits per heavy atom. The van der Waals surface area contributed by atoms with Crippen molar-refractivity contribution in [3.63, 3.8) is 0 Å². The highest BCUT2D eigenvalue weighted by Crippen LogP contribution is 2.25. The molecule has 0 atom stereocenters. The highest BCUT2D eigenvalue weighted by atomic mass is 16.5. The van der Waals surface area contributed by atoms with Gasteiger partial charge in [0.05, 0.1) is 6.61 Å². The summed E-state index contributed by atoms with van der Waals surface area (Å²) in [4.78, 5) is 11.3. The van der Waals surface area contributed by atoms with Gasteiger partial charge in [0.25, 0.3) is 0 Å². The first kappa shape index (κ1) is 10.7. The average molecular weight is 218 g/mol. The molecule has 1 N–H and O–H groups in total. The van der Waals surface area contributed by atoms with E-state index in [-0.39, 0.29) is 5.97 Å². The van der Waals surface area contributed by atoms with Gasteiger partial charge in [0, 0.05) is 12.0 Å². The van der Waals surface area contributed by atoms with Crippen LogP contribution in [0.1, 0.15) is 23.1 Å². The van der Waals surface area contributed by atoms with E-state index in [0.717, 1.165) is 16.7 Å². The quantitative estimate of drug-likeness (QED) is 0.581. The molecule has 0 aliphatic carbocycles. The molecule has 0 aromatic heterocycles. The number of ether oxygens (including phenoxy) is 1. The number of hydrogen-bond acceptors (Lipinski definition) is 3. The van der Waals surface area contributed by atoms with Crippen LogP contribution in [0.25, 0.3) is 6.08 Å². The fraction of sp³-hybridized carbons (Fsp3) is 0.308. The summed E-state index contributed by atoms with van der Waals surface area (Å²) in [5.74, 6) is 0.0829. The third-order valence-electron chi connectivity index (χ3n) is 2.72. The molecule has 3 heteroatoms. The predicted octanol–water partition coefficient (Wildman–Crippen LogP) is 2.34. The minimum Gasteiger partial charge on any atom is -0.507 e. The maximum atomic E-state index is 11.3. The molecule has 16 heavy (non-hydrogen) atoms. The van der Waals surface area contributed by atoms with Crippen molar-refractivity contribution in [2.45, 2.75) is 20.3 Å². The Balaban J connectivity index is 2.38. The predicted molar refractivity (Wildman–Crippen MR) is 61.1 cm³/mol. The van der Waals surface area contributed by atoms with Crippen LogP contribution in [0.15, 0.2) is 17.7 Å². The highest BCUT2D eigenvalue weighted by Gasteiger charge is 2.18. The van der Waals surface area contributed by atoms with Crippen LogP contribution in [0.4, 0.5) is 0 Å². The lowest BCUT2D eigenvalue weighted by molar-refractivity contribution is -0.134. The zero-order chi connectivity index (χ0) is 11.7. The van der Waals surface area contributed by atoms with Gasteiger partial charge in [-0.05, 0) is 48.7 Å². The van der Waals surface area contributed by atoms with Crippen LogP contribution in [0.2, 0.25) is 0 Å². The third kappa shape index (κ3) is 1.94. The molecule has 0 bridgehead atoms. The van der Waals surface area contributed by atoms with Gasteiger partial charge in [-0.25, -0.2) is 4.79 Å². The second kappa shape index (κ2) is 4.00. The van der Waals surface area contributed by atoms with Gasteiger partial charge in [0.15, 0.2) is 0 Å². The first-order chi connectivity index (χ1) is 7.58. The van der Waals surface area contributed by atoms with Gasteiger partial charge in [0.2, 0.25) is 0 Å². The summed E-state index contributed by atoms with van der Waals surface area (Å²) >= 11 is 0. The van der Waals surface area contributed by atoms with E-state index in [0.29, 0.717) is 24.4 Å². The van der Waals surface area contributed by atoms with Crippen LogP contribution in [-0.4, -0.2) is 17.7 Å². The molecule has 1 fully saturated rings. The summed E-state index contributed by atoms with van der Waals surface area (Å²) in [5, 5.41) is 9.63. The van der Waals surface area contributed by atoms with Crippen molar-refractivity contribution in [1.82, 2.24) is 0 Å². The van der Waals surface area contributed by atoms with Gasteiger partial charge in [-0.3, -0.25) is 0 Å². The zero-order valence-corrected chi connectivity index (χ0v) is 9.41. The van der Waals surface area contributed by atoms with Crippen molar-refractivity contribution < 1.29 is 14.6 Å². The SMILES string of the molecule is Cc1cc(C=C2CCOC2=O)cc(C)c1O. The van der Waals surface area contributed by atoms with Gasteiger partial charge in [-0.1, -0.05) is 0 Å². The highest BCUT2D eigenvalue weighted by molar-refractivity contribution is 5.95. The number of esters is 1. The molecular weight excluding hydrogens is 204 g/mol. The second-order valence-electron chi connectivity index (χ2n) is 4.06. The van der Waals surface area contributed by atoms with Crippen molar-refractivity contribution in [2.75, 3.05) is 6.61 Å². The van der Waals surface area contributed by atoms with Crippen LogP contribution in [0, 0.1) is 13.8 Å². The molecule has 1 saturated heterocycles. The monoisotopic (exact) mass is 218 g/mol. The fourth-order valence-electron chi connectivity index (χ4n) is 1.85. The fourth-order valence-corrected chi connectivity index (χ4v) is 1.85.